The van der Waals surface area contributed by atoms with Gasteiger partial charge in [-0.1, -0.05) is 42.1 Å². The van der Waals surface area contributed by atoms with Crippen molar-refractivity contribution >= 4 is 23.5 Å². The Kier molecular flexibility index (Phi) is 5.22. The quantitative estimate of drug-likeness (QED) is 0.409. The van der Waals surface area contributed by atoms with Crippen molar-refractivity contribution in [2.75, 3.05) is 11.1 Å². The number of aryl methyl sites for hydroxylation is 2. The second-order valence-electron chi connectivity index (χ2n) is 8.59. The van der Waals surface area contributed by atoms with Crippen molar-refractivity contribution in [1.29, 1.82) is 0 Å². The Labute approximate surface area is 196 Å². The summed E-state index contributed by atoms with van der Waals surface area (Å²) in [6.07, 6.45) is 7.55. The summed E-state index contributed by atoms with van der Waals surface area (Å²) >= 11 is 1.42. The number of amides is 1. The molecule has 2 aliphatic carbocycles. The van der Waals surface area contributed by atoms with E-state index >= 15 is 0 Å². The zero-order valence-corrected chi connectivity index (χ0v) is 19.0. The lowest BCUT2D eigenvalue weighted by molar-refractivity contribution is -0.113. The number of benzene rings is 2. The molecule has 2 heterocycles. The SMILES string of the molecule is O=C(CSc1nncn1C1CC1)Nc1cc(-c2ccc3c(c2)CCC3)nn1-c1ccccc1. The number of aromatic nitrogens is 5. The number of para-hydroxylation sites is 1. The first-order chi connectivity index (χ1) is 16.2. The van der Waals surface area contributed by atoms with E-state index in [0.29, 0.717) is 11.9 Å². The van der Waals surface area contributed by atoms with Crippen LogP contribution in [-0.2, 0) is 17.6 Å². The number of thioether (sulfide) groups is 1. The molecule has 1 amide bonds. The molecule has 0 aliphatic heterocycles. The van der Waals surface area contributed by atoms with Gasteiger partial charge in [-0.05, 0) is 61.4 Å². The highest BCUT2D eigenvalue weighted by Crippen LogP contribution is 2.37. The summed E-state index contributed by atoms with van der Waals surface area (Å²) in [6, 6.07) is 18.9. The van der Waals surface area contributed by atoms with Gasteiger partial charge in [0.2, 0.25) is 5.91 Å². The van der Waals surface area contributed by atoms with Gasteiger partial charge >= 0.3 is 0 Å². The van der Waals surface area contributed by atoms with Gasteiger partial charge < -0.3 is 9.88 Å². The van der Waals surface area contributed by atoms with Crippen LogP contribution in [0.1, 0.15) is 36.4 Å². The minimum Gasteiger partial charge on any atom is -0.310 e. The van der Waals surface area contributed by atoms with Crippen LogP contribution < -0.4 is 5.32 Å². The molecule has 0 spiro atoms. The number of rotatable bonds is 7. The number of carbonyl (C=O) groups excluding carboxylic acids is 1. The van der Waals surface area contributed by atoms with E-state index in [1.807, 2.05) is 36.4 Å². The van der Waals surface area contributed by atoms with Gasteiger partial charge in [0, 0.05) is 17.7 Å². The predicted octanol–water partition coefficient (Wildman–Crippen LogP) is 4.69. The highest BCUT2D eigenvalue weighted by atomic mass is 32.2. The van der Waals surface area contributed by atoms with Gasteiger partial charge in [0.15, 0.2) is 5.16 Å². The Balaban J connectivity index is 1.25. The van der Waals surface area contributed by atoms with Crippen LogP contribution in [0.5, 0.6) is 0 Å². The molecular weight excluding hydrogens is 432 g/mol. The van der Waals surface area contributed by atoms with Gasteiger partial charge in [-0.3, -0.25) is 4.79 Å². The molecule has 8 heteroatoms. The van der Waals surface area contributed by atoms with Gasteiger partial charge in [0.25, 0.3) is 0 Å². The van der Waals surface area contributed by atoms with Crippen molar-refractivity contribution in [1.82, 2.24) is 24.5 Å². The second kappa shape index (κ2) is 8.51. The zero-order valence-electron chi connectivity index (χ0n) is 18.1. The summed E-state index contributed by atoms with van der Waals surface area (Å²) in [5, 5.41) is 16.9. The number of nitrogens with zero attached hydrogens (tertiary/aromatic N) is 5. The van der Waals surface area contributed by atoms with Crippen LogP contribution in [-0.4, -0.2) is 36.2 Å². The van der Waals surface area contributed by atoms with Crippen LogP contribution in [0.25, 0.3) is 16.9 Å². The van der Waals surface area contributed by atoms with E-state index in [0.717, 1.165) is 47.8 Å². The first kappa shape index (κ1) is 20.2. The molecule has 1 saturated carbocycles. The third-order valence-electron chi connectivity index (χ3n) is 6.18. The van der Waals surface area contributed by atoms with Crippen LogP contribution in [0.4, 0.5) is 5.82 Å². The zero-order chi connectivity index (χ0) is 22.2. The number of hydrogen-bond acceptors (Lipinski definition) is 5. The van der Waals surface area contributed by atoms with Crippen molar-refractivity contribution in [2.24, 2.45) is 0 Å². The average Bonchev–Trinajstić information content (AvgIpc) is 3.23. The Morgan fingerprint density at radius 3 is 2.76 bits per heavy atom. The van der Waals surface area contributed by atoms with Crippen molar-refractivity contribution in [2.45, 2.75) is 43.3 Å². The van der Waals surface area contributed by atoms with Crippen LogP contribution in [0, 0.1) is 0 Å². The lowest BCUT2D eigenvalue weighted by atomic mass is 10.0. The van der Waals surface area contributed by atoms with Crippen LogP contribution >= 0.6 is 11.8 Å². The third-order valence-corrected chi connectivity index (χ3v) is 7.14. The van der Waals surface area contributed by atoms with Gasteiger partial charge in [0.05, 0.1) is 17.1 Å². The molecule has 1 fully saturated rings. The van der Waals surface area contributed by atoms with Gasteiger partial charge in [0.1, 0.15) is 12.1 Å². The number of anilines is 1. The van der Waals surface area contributed by atoms with E-state index in [2.05, 4.69) is 38.3 Å². The van der Waals surface area contributed by atoms with Crippen molar-refractivity contribution < 1.29 is 4.79 Å². The standard InChI is InChI=1S/C25H24N6OS/c32-24(15-33-25-28-26-16-30(25)20-11-12-20)27-23-14-22(29-31(23)21-7-2-1-3-8-21)19-10-9-17-5-4-6-18(17)13-19/h1-3,7-10,13-14,16,20H,4-6,11-12,15H2,(H,27,32). The number of hydrogen-bond donors (Lipinski definition) is 1. The molecule has 166 valence electrons. The normalized spacial score (nSPS) is 14.9. The Bertz CT molecular complexity index is 1310. The van der Waals surface area contributed by atoms with Crippen molar-refractivity contribution in [3.8, 4) is 16.9 Å². The lowest BCUT2D eigenvalue weighted by Gasteiger charge is -2.09. The summed E-state index contributed by atoms with van der Waals surface area (Å²) in [5.41, 5.74) is 5.67. The third kappa shape index (κ3) is 4.18. The first-order valence-electron chi connectivity index (χ1n) is 11.3. The fourth-order valence-corrected chi connectivity index (χ4v) is 5.14. The van der Waals surface area contributed by atoms with Crippen LogP contribution in [0.2, 0.25) is 0 Å². The summed E-state index contributed by atoms with van der Waals surface area (Å²) < 4.78 is 3.87. The highest BCUT2D eigenvalue weighted by molar-refractivity contribution is 7.99. The second-order valence-corrected chi connectivity index (χ2v) is 9.53. The predicted molar refractivity (Wildman–Crippen MR) is 129 cm³/mol. The van der Waals surface area contributed by atoms with Gasteiger partial charge in [-0.25, -0.2) is 4.68 Å². The molecule has 0 atom stereocenters. The van der Waals surface area contributed by atoms with E-state index < -0.39 is 0 Å². The van der Waals surface area contributed by atoms with E-state index in [1.165, 1.54) is 29.3 Å². The maximum Gasteiger partial charge on any atom is 0.236 e. The summed E-state index contributed by atoms with van der Waals surface area (Å²) in [7, 11) is 0. The summed E-state index contributed by atoms with van der Waals surface area (Å²) in [5.74, 6) is 0.827. The molecule has 7 nitrogen and oxygen atoms in total. The monoisotopic (exact) mass is 456 g/mol. The summed E-state index contributed by atoms with van der Waals surface area (Å²) in [4.78, 5) is 12.9. The maximum atomic E-state index is 12.9. The molecule has 1 N–H and O–H groups in total. The Hall–Kier alpha value is -3.39. The molecule has 2 aromatic carbocycles. The van der Waals surface area contributed by atoms with Crippen molar-refractivity contribution in [3.05, 3.63) is 72.1 Å². The van der Waals surface area contributed by atoms with Gasteiger partial charge in [-0.15, -0.1) is 10.2 Å². The molecule has 0 saturated heterocycles. The van der Waals surface area contributed by atoms with Crippen molar-refractivity contribution in [3.63, 3.8) is 0 Å². The Morgan fingerprint density at radius 2 is 1.91 bits per heavy atom. The largest absolute Gasteiger partial charge is 0.310 e. The summed E-state index contributed by atoms with van der Waals surface area (Å²) in [6.45, 7) is 0. The average molecular weight is 457 g/mol. The van der Waals surface area contributed by atoms with E-state index in [-0.39, 0.29) is 11.7 Å². The lowest BCUT2D eigenvalue weighted by Crippen LogP contribution is -2.17. The molecule has 2 aromatic heterocycles. The molecule has 6 rings (SSSR count). The van der Waals surface area contributed by atoms with E-state index in [9.17, 15) is 4.79 Å². The smallest absolute Gasteiger partial charge is 0.236 e. The Morgan fingerprint density at radius 1 is 1.06 bits per heavy atom. The highest BCUT2D eigenvalue weighted by Gasteiger charge is 2.26. The van der Waals surface area contributed by atoms with E-state index in [1.54, 1.807) is 11.0 Å². The molecule has 0 bridgehead atoms. The fourth-order valence-electron chi connectivity index (χ4n) is 4.36. The molecular formula is C25H24N6OS. The molecule has 0 unspecified atom stereocenters. The topological polar surface area (TPSA) is 77.6 Å². The number of nitrogens with one attached hydrogen (secondary N) is 1. The maximum absolute atomic E-state index is 12.9. The minimum atomic E-state index is -0.0945. The fraction of sp³-hybridized carbons (Fsp3) is 0.280. The van der Waals surface area contributed by atoms with Crippen LogP contribution in [0.3, 0.4) is 0 Å². The molecule has 2 aliphatic rings. The molecule has 0 radical (unpaired) electrons. The molecule has 33 heavy (non-hydrogen) atoms. The number of fused-ring (bicyclic) bond motifs is 1. The molecule has 4 aromatic rings. The first-order valence-corrected chi connectivity index (χ1v) is 12.3. The minimum absolute atomic E-state index is 0.0945. The van der Waals surface area contributed by atoms with Gasteiger partial charge in [-0.2, -0.15) is 5.10 Å². The van der Waals surface area contributed by atoms with Crippen LogP contribution in [0.15, 0.2) is 66.1 Å². The number of carbonyl (C=O) groups is 1. The van der Waals surface area contributed by atoms with E-state index in [4.69, 9.17) is 5.10 Å².